The van der Waals surface area contributed by atoms with Crippen LogP contribution in [-0.2, 0) is 6.54 Å². The van der Waals surface area contributed by atoms with Crippen LogP contribution in [-0.4, -0.2) is 7.11 Å². The summed E-state index contributed by atoms with van der Waals surface area (Å²) >= 11 is 5.34. The molecule has 0 aliphatic heterocycles. The second-order valence-corrected chi connectivity index (χ2v) is 5.91. The summed E-state index contributed by atoms with van der Waals surface area (Å²) in [6.07, 6.45) is 0. The summed E-state index contributed by atoms with van der Waals surface area (Å²) in [7, 11) is 1.69. The maximum Gasteiger partial charge on any atom is 0.119 e. The predicted octanol–water partition coefficient (Wildman–Crippen LogP) is 4.37. The molecule has 0 spiro atoms. The zero-order chi connectivity index (χ0) is 13.0. The molecule has 0 radical (unpaired) electrons. The van der Waals surface area contributed by atoms with E-state index in [4.69, 9.17) is 4.74 Å². The molecule has 2 aromatic rings. The van der Waals surface area contributed by atoms with E-state index in [1.54, 1.807) is 18.4 Å². The summed E-state index contributed by atoms with van der Waals surface area (Å²) in [6.45, 7) is 3.00. The smallest absolute Gasteiger partial charge is 0.119 e. The molecular weight excluding hydrogens is 310 g/mol. The van der Waals surface area contributed by atoms with Crippen molar-refractivity contribution < 1.29 is 4.74 Å². The molecule has 0 saturated heterocycles. The van der Waals surface area contributed by atoms with Gasteiger partial charge in [-0.3, -0.25) is 0 Å². The summed E-state index contributed by atoms with van der Waals surface area (Å²) in [4.78, 5) is 1.36. The number of nitrogens with one attached hydrogen (secondary N) is 1. The van der Waals surface area contributed by atoms with Crippen LogP contribution in [0.4, 0.5) is 0 Å². The van der Waals surface area contributed by atoms with E-state index in [1.807, 2.05) is 12.1 Å². The normalized spacial score (nSPS) is 12.4. The van der Waals surface area contributed by atoms with E-state index in [2.05, 4.69) is 51.7 Å². The quantitative estimate of drug-likeness (QED) is 0.881. The molecule has 0 aliphatic carbocycles. The molecule has 0 saturated carbocycles. The molecule has 96 valence electrons. The summed E-state index contributed by atoms with van der Waals surface area (Å²) in [6, 6.07) is 10.6. The van der Waals surface area contributed by atoms with Gasteiger partial charge in [0.2, 0.25) is 0 Å². The molecule has 1 aromatic heterocycles. The topological polar surface area (TPSA) is 21.3 Å². The molecule has 2 rings (SSSR count). The average Bonchev–Trinajstić information content (AvgIpc) is 2.91. The number of halogens is 1. The van der Waals surface area contributed by atoms with E-state index in [0.29, 0.717) is 6.04 Å². The second kappa shape index (κ2) is 6.36. The average molecular weight is 326 g/mol. The van der Waals surface area contributed by atoms with E-state index in [-0.39, 0.29) is 0 Å². The Hall–Kier alpha value is -0.840. The van der Waals surface area contributed by atoms with Crippen molar-refractivity contribution in [3.8, 4) is 5.75 Å². The first-order valence-corrected chi connectivity index (χ1v) is 7.47. The highest BCUT2D eigenvalue weighted by atomic mass is 79.9. The summed E-state index contributed by atoms with van der Waals surface area (Å²) in [5, 5.41) is 5.62. The van der Waals surface area contributed by atoms with Gasteiger partial charge >= 0.3 is 0 Å². The second-order valence-electron chi connectivity index (χ2n) is 4.08. The van der Waals surface area contributed by atoms with Gasteiger partial charge in [-0.15, -0.1) is 11.3 Å². The Bertz CT molecular complexity index is 499. The predicted molar refractivity (Wildman–Crippen MR) is 80.3 cm³/mol. The molecule has 2 nitrogen and oxygen atoms in total. The van der Waals surface area contributed by atoms with Gasteiger partial charge in [0.05, 0.1) is 7.11 Å². The lowest BCUT2D eigenvalue weighted by atomic mass is 10.2. The van der Waals surface area contributed by atoms with Crippen LogP contribution < -0.4 is 10.1 Å². The first-order chi connectivity index (χ1) is 8.70. The van der Waals surface area contributed by atoms with Crippen molar-refractivity contribution in [3.05, 3.63) is 50.6 Å². The van der Waals surface area contributed by atoms with Crippen LogP contribution in [0.25, 0.3) is 0 Å². The molecule has 0 amide bonds. The van der Waals surface area contributed by atoms with Gasteiger partial charge in [0.25, 0.3) is 0 Å². The highest BCUT2D eigenvalue weighted by molar-refractivity contribution is 9.10. The number of ether oxygens (including phenoxy) is 1. The minimum Gasteiger partial charge on any atom is -0.497 e. The largest absolute Gasteiger partial charge is 0.497 e. The fourth-order valence-corrected chi connectivity index (χ4v) is 2.86. The van der Waals surface area contributed by atoms with Gasteiger partial charge in [-0.25, -0.2) is 0 Å². The highest BCUT2D eigenvalue weighted by Crippen LogP contribution is 2.24. The van der Waals surface area contributed by atoms with Gasteiger partial charge in [0.1, 0.15) is 5.75 Å². The Balaban J connectivity index is 2.01. The minimum absolute atomic E-state index is 0.364. The molecular formula is C14H16BrNOS. The maximum absolute atomic E-state index is 5.24. The van der Waals surface area contributed by atoms with Crippen molar-refractivity contribution in [2.75, 3.05) is 7.11 Å². The number of benzene rings is 1. The zero-order valence-electron chi connectivity index (χ0n) is 10.4. The number of hydrogen-bond acceptors (Lipinski definition) is 3. The van der Waals surface area contributed by atoms with Crippen LogP contribution in [0, 0.1) is 0 Å². The van der Waals surface area contributed by atoms with Gasteiger partial charge in [-0.2, -0.15) is 0 Å². The maximum atomic E-state index is 5.24. The highest BCUT2D eigenvalue weighted by Gasteiger charge is 2.07. The van der Waals surface area contributed by atoms with Gasteiger partial charge in [0, 0.05) is 21.9 Å². The number of methoxy groups -OCH3 is 1. The minimum atomic E-state index is 0.364. The van der Waals surface area contributed by atoms with Crippen LogP contribution in [0.2, 0.25) is 0 Å². The lowest BCUT2D eigenvalue weighted by Crippen LogP contribution is -2.17. The lowest BCUT2D eigenvalue weighted by molar-refractivity contribution is 0.413. The number of hydrogen-bond donors (Lipinski definition) is 1. The number of rotatable bonds is 5. The molecule has 1 unspecified atom stereocenters. The molecule has 1 N–H and O–H groups in total. The Morgan fingerprint density at radius 1 is 1.39 bits per heavy atom. The van der Waals surface area contributed by atoms with Gasteiger partial charge < -0.3 is 10.1 Å². The fraction of sp³-hybridized carbons (Fsp3) is 0.286. The third-order valence-electron chi connectivity index (χ3n) is 2.82. The van der Waals surface area contributed by atoms with Crippen molar-refractivity contribution in [2.45, 2.75) is 19.5 Å². The fourth-order valence-electron chi connectivity index (χ4n) is 1.71. The zero-order valence-corrected chi connectivity index (χ0v) is 12.8. The Labute approximate surface area is 120 Å². The van der Waals surface area contributed by atoms with Crippen LogP contribution in [0.15, 0.2) is 40.2 Å². The third kappa shape index (κ3) is 3.34. The molecule has 18 heavy (non-hydrogen) atoms. The Morgan fingerprint density at radius 3 is 2.89 bits per heavy atom. The van der Waals surface area contributed by atoms with Gasteiger partial charge in [-0.1, -0.05) is 22.0 Å². The molecule has 1 atom stereocenters. The third-order valence-corrected chi connectivity index (χ3v) is 4.65. The van der Waals surface area contributed by atoms with Crippen molar-refractivity contribution in [1.29, 1.82) is 0 Å². The van der Waals surface area contributed by atoms with Gasteiger partial charge in [0.15, 0.2) is 0 Å². The van der Waals surface area contributed by atoms with Crippen LogP contribution in [0.5, 0.6) is 5.75 Å². The van der Waals surface area contributed by atoms with E-state index in [1.165, 1.54) is 10.4 Å². The molecule has 0 fully saturated rings. The summed E-state index contributed by atoms with van der Waals surface area (Å²) in [5.74, 6) is 0.888. The Morgan fingerprint density at radius 2 is 2.22 bits per heavy atom. The van der Waals surface area contributed by atoms with Crippen molar-refractivity contribution in [1.82, 2.24) is 5.32 Å². The summed E-state index contributed by atoms with van der Waals surface area (Å²) in [5.41, 5.74) is 1.21. The van der Waals surface area contributed by atoms with E-state index >= 15 is 0 Å². The van der Waals surface area contributed by atoms with Crippen molar-refractivity contribution >= 4 is 27.3 Å². The number of thiophene rings is 1. The summed E-state index contributed by atoms with van der Waals surface area (Å²) < 4.78 is 6.35. The Kier molecular flexibility index (Phi) is 4.80. The van der Waals surface area contributed by atoms with E-state index in [9.17, 15) is 0 Å². The molecule has 1 heterocycles. The first kappa shape index (κ1) is 13.6. The van der Waals surface area contributed by atoms with Gasteiger partial charge in [-0.05, 0) is 42.1 Å². The molecule has 0 bridgehead atoms. The standard InChI is InChI=1S/C14H16BrNOS/c1-10(14-4-3-7-18-14)16-9-11-8-12(17-2)5-6-13(11)15/h3-8,10,16H,9H2,1-2H3. The van der Waals surface area contributed by atoms with Crippen LogP contribution in [0.3, 0.4) is 0 Å². The van der Waals surface area contributed by atoms with Crippen molar-refractivity contribution in [2.24, 2.45) is 0 Å². The molecule has 0 aliphatic rings. The van der Waals surface area contributed by atoms with Crippen LogP contribution >= 0.6 is 27.3 Å². The lowest BCUT2D eigenvalue weighted by Gasteiger charge is -2.13. The van der Waals surface area contributed by atoms with E-state index < -0.39 is 0 Å². The first-order valence-electron chi connectivity index (χ1n) is 5.80. The molecule has 1 aromatic carbocycles. The van der Waals surface area contributed by atoms with Crippen molar-refractivity contribution in [3.63, 3.8) is 0 Å². The monoisotopic (exact) mass is 325 g/mol. The SMILES string of the molecule is COc1ccc(Br)c(CNC(C)c2cccs2)c1. The van der Waals surface area contributed by atoms with Crippen LogP contribution in [0.1, 0.15) is 23.4 Å². The van der Waals surface area contributed by atoms with E-state index in [0.717, 1.165) is 16.8 Å². The molecule has 4 heteroatoms.